The summed E-state index contributed by atoms with van der Waals surface area (Å²) in [5, 5.41) is 9.15. The van der Waals surface area contributed by atoms with Gasteiger partial charge in [-0.2, -0.15) is 0 Å². The monoisotopic (exact) mass is 394 g/mol. The molecule has 3 rings (SSSR count). The number of fused-ring (bicyclic) bond motifs is 1. The number of aryl methyl sites for hydroxylation is 2. The molecule has 2 N–H and O–H groups in total. The van der Waals surface area contributed by atoms with E-state index in [0.29, 0.717) is 6.54 Å². The summed E-state index contributed by atoms with van der Waals surface area (Å²) >= 11 is 0. The van der Waals surface area contributed by atoms with Crippen LogP contribution >= 0.6 is 0 Å². The Balaban J connectivity index is 1.55. The van der Waals surface area contributed by atoms with Gasteiger partial charge in [-0.05, 0) is 54.9 Å². The van der Waals surface area contributed by atoms with Crippen LogP contribution in [0.25, 0.3) is 0 Å². The molecular formula is C19H26N2O5S. The zero-order chi connectivity index (χ0) is 19.6. The lowest BCUT2D eigenvalue weighted by molar-refractivity contribution is -0.142. The van der Waals surface area contributed by atoms with E-state index in [-0.39, 0.29) is 36.2 Å². The molecule has 1 aromatic rings. The van der Waals surface area contributed by atoms with E-state index < -0.39 is 21.9 Å². The number of likely N-dealkylation sites (tertiary alicyclic amines) is 1. The Kier molecular flexibility index (Phi) is 5.86. The van der Waals surface area contributed by atoms with Crippen LogP contribution in [0.5, 0.6) is 0 Å². The summed E-state index contributed by atoms with van der Waals surface area (Å²) < 4.78 is 27.5. The highest BCUT2D eigenvalue weighted by Crippen LogP contribution is 2.25. The summed E-state index contributed by atoms with van der Waals surface area (Å²) in [4.78, 5) is 25.2. The van der Waals surface area contributed by atoms with Crippen molar-refractivity contribution in [2.24, 2.45) is 11.8 Å². The molecule has 1 saturated heterocycles. The number of hydrogen-bond acceptors (Lipinski definition) is 4. The van der Waals surface area contributed by atoms with Crippen LogP contribution in [0.15, 0.2) is 23.1 Å². The lowest BCUT2D eigenvalue weighted by Gasteiger charge is -2.17. The lowest BCUT2D eigenvalue weighted by Crippen LogP contribution is -2.34. The number of carboxylic acid groups (broad SMARTS) is 1. The minimum absolute atomic E-state index is 0.000864. The molecule has 1 aromatic carbocycles. The highest BCUT2D eigenvalue weighted by molar-refractivity contribution is 7.89. The number of aliphatic carboxylic acids is 1. The van der Waals surface area contributed by atoms with E-state index in [0.717, 1.165) is 31.2 Å². The first-order chi connectivity index (χ1) is 12.8. The number of nitrogens with one attached hydrogen (secondary N) is 1. The van der Waals surface area contributed by atoms with Gasteiger partial charge in [0.15, 0.2) is 0 Å². The van der Waals surface area contributed by atoms with E-state index in [1.54, 1.807) is 12.1 Å². The van der Waals surface area contributed by atoms with Crippen LogP contribution in [0.1, 0.15) is 37.3 Å². The van der Waals surface area contributed by atoms with E-state index in [2.05, 4.69) is 4.72 Å². The van der Waals surface area contributed by atoms with Gasteiger partial charge in [0.2, 0.25) is 15.9 Å². The van der Waals surface area contributed by atoms with Crippen LogP contribution < -0.4 is 4.72 Å². The molecule has 2 aliphatic rings. The summed E-state index contributed by atoms with van der Waals surface area (Å²) in [5.74, 6) is -1.77. The summed E-state index contributed by atoms with van der Waals surface area (Å²) in [5.41, 5.74) is 2.30. The molecule has 1 heterocycles. The second-order valence-corrected chi connectivity index (χ2v) is 9.27. The minimum atomic E-state index is -3.66. The van der Waals surface area contributed by atoms with Crippen molar-refractivity contribution in [2.75, 3.05) is 19.6 Å². The number of amides is 1. The molecule has 1 aliphatic heterocycles. The van der Waals surface area contributed by atoms with Crippen molar-refractivity contribution in [1.29, 1.82) is 0 Å². The molecular weight excluding hydrogens is 368 g/mol. The highest BCUT2D eigenvalue weighted by atomic mass is 32.2. The molecule has 27 heavy (non-hydrogen) atoms. The largest absolute Gasteiger partial charge is 0.481 e. The van der Waals surface area contributed by atoms with Crippen LogP contribution in [-0.4, -0.2) is 49.9 Å². The van der Waals surface area contributed by atoms with E-state index in [4.69, 9.17) is 5.11 Å². The van der Waals surface area contributed by atoms with Crippen LogP contribution in [0.3, 0.4) is 0 Å². The molecule has 1 fully saturated rings. The Labute approximate surface area is 159 Å². The fourth-order valence-electron chi connectivity index (χ4n) is 3.90. The summed E-state index contributed by atoms with van der Waals surface area (Å²) in [6, 6.07) is 5.23. The average molecular weight is 394 g/mol. The first-order valence-corrected chi connectivity index (χ1v) is 10.9. The summed E-state index contributed by atoms with van der Waals surface area (Å²) in [6.45, 7) is 2.39. The van der Waals surface area contributed by atoms with E-state index in [9.17, 15) is 18.0 Å². The van der Waals surface area contributed by atoms with Gasteiger partial charge >= 0.3 is 5.97 Å². The van der Waals surface area contributed by atoms with Crippen molar-refractivity contribution >= 4 is 21.9 Å². The number of sulfonamides is 1. The highest BCUT2D eigenvalue weighted by Gasteiger charge is 2.36. The maximum absolute atomic E-state index is 12.5. The van der Waals surface area contributed by atoms with Crippen molar-refractivity contribution in [3.8, 4) is 0 Å². The standard InChI is InChI=1S/C19H26N2O5S/c1-13-11-21(12-17(13)19(23)24)18(22)8-9-20-27(25,26)16-7-6-14-4-2-3-5-15(14)10-16/h6-7,10,13,17,20H,2-5,8-9,11-12H2,1H3,(H,23,24)/t13-,17-/m1/s1. The molecule has 8 heteroatoms. The maximum atomic E-state index is 12.5. The van der Waals surface area contributed by atoms with E-state index >= 15 is 0 Å². The van der Waals surface area contributed by atoms with Gasteiger partial charge in [0, 0.05) is 26.1 Å². The topological polar surface area (TPSA) is 104 Å². The number of carbonyl (C=O) groups excluding carboxylic acids is 1. The Bertz CT molecular complexity index is 837. The normalized spacial score (nSPS) is 22.5. The van der Waals surface area contributed by atoms with Crippen molar-refractivity contribution in [1.82, 2.24) is 9.62 Å². The fourth-order valence-corrected chi connectivity index (χ4v) is 4.98. The average Bonchev–Trinajstić information content (AvgIpc) is 3.03. The first kappa shape index (κ1) is 19.8. The molecule has 1 amide bonds. The predicted molar refractivity (Wildman–Crippen MR) is 99.8 cm³/mol. The van der Waals surface area contributed by atoms with Crippen LogP contribution in [0.4, 0.5) is 0 Å². The number of benzene rings is 1. The molecule has 0 radical (unpaired) electrons. The molecule has 0 aromatic heterocycles. The number of nitrogens with zero attached hydrogens (tertiary/aromatic N) is 1. The molecule has 0 unspecified atom stereocenters. The third-order valence-corrected chi connectivity index (χ3v) is 7.00. The summed E-state index contributed by atoms with van der Waals surface area (Å²) in [6.07, 6.45) is 4.11. The molecule has 0 saturated carbocycles. The van der Waals surface area contributed by atoms with Crippen molar-refractivity contribution in [3.63, 3.8) is 0 Å². The van der Waals surface area contributed by atoms with Gasteiger partial charge in [-0.1, -0.05) is 13.0 Å². The zero-order valence-corrected chi connectivity index (χ0v) is 16.3. The molecule has 0 spiro atoms. The van der Waals surface area contributed by atoms with Gasteiger partial charge < -0.3 is 10.0 Å². The van der Waals surface area contributed by atoms with Gasteiger partial charge in [-0.25, -0.2) is 13.1 Å². The van der Waals surface area contributed by atoms with Gasteiger partial charge in [0.25, 0.3) is 0 Å². The number of carboxylic acids is 1. The number of carbonyl (C=O) groups is 2. The van der Waals surface area contributed by atoms with Crippen molar-refractivity contribution < 1.29 is 23.1 Å². The Morgan fingerprint density at radius 3 is 2.56 bits per heavy atom. The quantitative estimate of drug-likeness (QED) is 0.759. The third kappa shape index (κ3) is 4.50. The van der Waals surface area contributed by atoms with Crippen LogP contribution in [0, 0.1) is 11.8 Å². The molecule has 1 aliphatic carbocycles. The smallest absolute Gasteiger partial charge is 0.308 e. The van der Waals surface area contributed by atoms with Crippen LogP contribution in [0.2, 0.25) is 0 Å². The van der Waals surface area contributed by atoms with Crippen molar-refractivity contribution in [2.45, 2.75) is 43.9 Å². The Hall–Kier alpha value is -1.93. The van der Waals surface area contributed by atoms with Gasteiger partial charge in [-0.15, -0.1) is 0 Å². The van der Waals surface area contributed by atoms with Crippen molar-refractivity contribution in [3.05, 3.63) is 29.3 Å². The Morgan fingerprint density at radius 1 is 1.19 bits per heavy atom. The van der Waals surface area contributed by atoms with E-state index in [1.807, 2.05) is 13.0 Å². The van der Waals surface area contributed by atoms with Crippen LogP contribution in [-0.2, 0) is 32.5 Å². The number of rotatable bonds is 6. The van der Waals surface area contributed by atoms with E-state index in [1.165, 1.54) is 10.5 Å². The molecule has 7 nitrogen and oxygen atoms in total. The second kappa shape index (κ2) is 7.98. The fraction of sp³-hybridized carbons (Fsp3) is 0.579. The third-order valence-electron chi connectivity index (χ3n) is 5.54. The lowest BCUT2D eigenvalue weighted by atomic mass is 9.92. The van der Waals surface area contributed by atoms with Gasteiger partial charge in [-0.3, -0.25) is 9.59 Å². The zero-order valence-electron chi connectivity index (χ0n) is 15.5. The minimum Gasteiger partial charge on any atom is -0.481 e. The Morgan fingerprint density at radius 2 is 1.89 bits per heavy atom. The second-order valence-electron chi connectivity index (χ2n) is 7.51. The van der Waals surface area contributed by atoms with Gasteiger partial charge in [0.05, 0.1) is 10.8 Å². The van der Waals surface area contributed by atoms with Gasteiger partial charge in [0.1, 0.15) is 0 Å². The molecule has 148 valence electrons. The maximum Gasteiger partial charge on any atom is 0.308 e. The molecule has 0 bridgehead atoms. The predicted octanol–water partition coefficient (Wildman–Crippen LogP) is 1.41. The first-order valence-electron chi connectivity index (χ1n) is 9.40. The number of hydrogen-bond donors (Lipinski definition) is 2. The summed E-state index contributed by atoms with van der Waals surface area (Å²) in [7, 11) is -3.66. The SMILES string of the molecule is C[C@@H]1CN(C(=O)CCNS(=O)(=O)c2ccc3c(c2)CCCC3)C[C@H]1C(=O)O. The molecule has 2 atom stereocenters.